The number of aliphatic imine (C=N–C) groups is 1. The summed E-state index contributed by atoms with van der Waals surface area (Å²) in [5.41, 5.74) is 0.631. The van der Waals surface area contributed by atoms with Gasteiger partial charge in [0, 0.05) is 39.3 Å². The van der Waals surface area contributed by atoms with Crippen molar-refractivity contribution in [2.24, 2.45) is 10.4 Å². The summed E-state index contributed by atoms with van der Waals surface area (Å²) in [6.07, 6.45) is 0. The minimum atomic E-state index is -0.508. The molecule has 0 heterocycles. The van der Waals surface area contributed by atoms with Gasteiger partial charge >= 0.3 is 0 Å². The van der Waals surface area contributed by atoms with E-state index in [4.69, 9.17) is 11.6 Å². The molecule has 0 aliphatic carbocycles. The largest absolute Gasteiger partial charge is 0.359 e. The van der Waals surface area contributed by atoms with Crippen LogP contribution in [-0.4, -0.2) is 44.5 Å². The molecule has 1 aromatic rings. The third kappa shape index (κ3) is 6.95. The fraction of sp³-hybridized carbons (Fsp3) is 0.500. The molecule has 0 radical (unpaired) electrons. The first kappa shape index (κ1) is 22.0. The Morgan fingerprint density at radius 1 is 1.30 bits per heavy atom. The summed E-state index contributed by atoms with van der Waals surface area (Å²) in [5, 5.41) is 6.65. The number of carbonyl (C=O) groups excluding carboxylic acids is 1. The molecule has 0 aliphatic rings. The van der Waals surface area contributed by atoms with Crippen molar-refractivity contribution in [2.75, 3.05) is 27.7 Å². The van der Waals surface area contributed by atoms with E-state index in [0.717, 1.165) is 16.5 Å². The average Bonchev–Trinajstić information content (AvgIpc) is 2.49. The maximum absolute atomic E-state index is 11.8. The Morgan fingerprint density at radius 3 is 2.35 bits per heavy atom. The SMILES string of the molecule is CN=C(NCC(C)(C)C(=O)NC)N(C)Cc1ccc(Cl)cc1.I. The number of carbonyl (C=O) groups is 1. The molecular formula is C16H26ClIN4O. The van der Waals surface area contributed by atoms with Crippen LogP contribution < -0.4 is 10.6 Å². The van der Waals surface area contributed by atoms with Crippen LogP contribution >= 0.6 is 35.6 Å². The molecule has 0 aliphatic heterocycles. The van der Waals surface area contributed by atoms with Gasteiger partial charge in [-0.15, -0.1) is 24.0 Å². The lowest BCUT2D eigenvalue weighted by atomic mass is 9.92. The monoisotopic (exact) mass is 452 g/mol. The highest BCUT2D eigenvalue weighted by molar-refractivity contribution is 14.0. The molecule has 23 heavy (non-hydrogen) atoms. The first-order valence-corrected chi connectivity index (χ1v) is 7.56. The highest BCUT2D eigenvalue weighted by atomic mass is 127. The number of hydrogen-bond donors (Lipinski definition) is 2. The van der Waals surface area contributed by atoms with Gasteiger partial charge in [-0.2, -0.15) is 0 Å². The minimum absolute atomic E-state index is 0. The number of nitrogens with zero attached hydrogens (tertiary/aromatic N) is 2. The van der Waals surface area contributed by atoms with Gasteiger partial charge in [0.25, 0.3) is 0 Å². The van der Waals surface area contributed by atoms with E-state index in [-0.39, 0.29) is 29.9 Å². The van der Waals surface area contributed by atoms with Crippen LogP contribution in [-0.2, 0) is 11.3 Å². The van der Waals surface area contributed by atoms with Gasteiger partial charge in [0.05, 0.1) is 5.41 Å². The second-order valence-electron chi connectivity index (χ2n) is 5.85. The van der Waals surface area contributed by atoms with E-state index < -0.39 is 5.41 Å². The van der Waals surface area contributed by atoms with Crippen molar-refractivity contribution >= 4 is 47.4 Å². The molecule has 7 heteroatoms. The Balaban J connectivity index is 0.00000484. The van der Waals surface area contributed by atoms with Crippen molar-refractivity contribution < 1.29 is 4.79 Å². The molecule has 0 bridgehead atoms. The highest BCUT2D eigenvalue weighted by Gasteiger charge is 2.27. The van der Waals surface area contributed by atoms with Crippen LogP contribution in [0.4, 0.5) is 0 Å². The summed E-state index contributed by atoms with van der Waals surface area (Å²) in [4.78, 5) is 18.1. The molecule has 0 atom stereocenters. The van der Waals surface area contributed by atoms with Gasteiger partial charge in [-0.3, -0.25) is 9.79 Å². The van der Waals surface area contributed by atoms with Gasteiger partial charge < -0.3 is 15.5 Å². The molecular weight excluding hydrogens is 427 g/mol. The van der Waals surface area contributed by atoms with Gasteiger partial charge in [0.2, 0.25) is 5.91 Å². The molecule has 5 nitrogen and oxygen atoms in total. The number of nitrogens with one attached hydrogen (secondary N) is 2. The van der Waals surface area contributed by atoms with E-state index >= 15 is 0 Å². The standard InChI is InChI=1S/C16H25ClN4O.HI/c1-16(2,14(22)18-3)11-20-15(19-4)21(5)10-12-6-8-13(17)9-7-12;/h6-9H,10-11H2,1-5H3,(H,18,22)(H,19,20);1H. The molecule has 0 fully saturated rings. The summed E-state index contributed by atoms with van der Waals surface area (Å²) < 4.78 is 0. The first-order valence-electron chi connectivity index (χ1n) is 7.18. The fourth-order valence-corrected chi connectivity index (χ4v) is 2.17. The molecule has 1 aromatic carbocycles. The maximum atomic E-state index is 11.8. The third-order valence-electron chi connectivity index (χ3n) is 3.44. The van der Waals surface area contributed by atoms with Crippen LogP contribution in [0.1, 0.15) is 19.4 Å². The molecule has 0 unspecified atom stereocenters. The Labute approximate surface area is 160 Å². The zero-order valence-corrected chi connectivity index (χ0v) is 17.4. The minimum Gasteiger partial charge on any atom is -0.359 e. The predicted octanol–water partition coefficient (Wildman–Crippen LogP) is 2.74. The normalized spacial score (nSPS) is 11.5. The Hall–Kier alpha value is -1.02. The smallest absolute Gasteiger partial charge is 0.227 e. The number of rotatable bonds is 5. The second-order valence-corrected chi connectivity index (χ2v) is 6.28. The topological polar surface area (TPSA) is 56.7 Å². The molecule has 1 rings (SSSR count). The van der Waals surface area contributed by atoms with Crippen LogP contribution in [0, 0.1) is 5.41 Å². The van der Waals surface area contributed by atoms with E-state index in [1.54, 1.807) is 14.1 Å². The lowest BCUT2D eigenvalue weighted by Crippen LogP contribution is -2.47. The van der Waals surface area contributed by atoms with Crippen molar-refractivity contribution in [1.29, 1.82) is 0 Å². The number of guanidine groups is 1. The van der Waals surface area contributed by atoms with Crippen LogP contribution in [0.25, 0.3) is 0 Å². The van der Waals surface area contributed by atoms with Gasteiger partial charge in [0.15, 0.2) is 5.96 Å². The van der Waals surface area contributed by atoms with Crippen LogP contribution in [0.15, 0.2) is 29.3 Å². The molecule has 2 N–H and O–H groups in total. The van der Waals surface area contributed by atoms with Crippen LogP contribution in [0.2, 0.25) is 5.02 Å². The lowest BCUT2D eigenvalue weighted by molar-refractivity contribution is -0.128. The van der Waals surface area contributed by atoms with Crippen molar-refractivity contribution in [3.8, 4) is 0 Å². The predicted molar refractivity (Wildman–Crippen MR) is 108 cm³/mol. The Bertz CT molecular complexity index is 531. The summed E-state index contributed by atoms with van der Waals surface area (Å²) in [6.45, 7) is 5.00. The van der Waals surface area contributed by atoms with Crippen molar-refractivity contribution in [3.05, 3.63) is 34.9 Å². The van der Waals surface area contributed by atoms with Crippen LogP contribution in [0.3, 0.4) is 0 Å². The molecule has 0 spiro atoms. The number of benzene rings is 1. The summed E-state index contributed by atoms with van der Waals surface area (Å²) >= 11 is 5.89. The Kier molecular flexibility index (Phi) is 9.53. The quantitative estimate of drug-likeness (QED) is 0.410. The molecule has 0 saturated carbocycles. The van der Waals surface area contributed by atoms with E-state index in [1.165, 1.54) is 0 Å². The molecule has 0 aromatic heterocycles. The lowest BCUT2D eigenvalue weighted by Gasteiger charge is -2.27. The van der Waals surface area contributed by atoms with Gasteiger partial charge in [-0.1, -0.05) is 23.7 Å². The van der Waals surface area contributed by atoms with Crippen LogP contribution in [0.5, 0.6) is 0 Å². The van der Waals surface area contributed by atoms with Crippen molar-refractivity contribution in [2.45, 2.75) is 20.4 Å². The van der Waals surface area contributed by atoms with Gasteiger partial charge in [-0.25, -0.2) is 0 Å². The number of hydrogen-bond acceptors (Lipinski definition) is 2. The zero-order chi connectivity index (χ0) is 16.8. The van der Waals surface area contributed by atoms with Gasteiger partial charge in [-0.05, 0) is 31.5 Å². The summed E-state index contributed by atoms with van der Waals surface area (Å²) in [6, 6.07) is 7.71. The van der Waals surface area contributed by atoms with Gasteiger partial charge in [0.1, 0.15) is 0 Å². The second kappa shape index (κ2) is 9.97. The first-order chi connectivity index (χ1) is 10.3. The maximum Gasteiger partial charge on any atom is 0.227 e. The molecule has 0 saturated heterocycles. The number of amides is 1. The van der Waals surface area contributed by atoms with E-state index in [9.17, 15) is 4.79 Å². The zero-order valence-electron chi connectivity index (χ0n) is 14.3. The van der Waals surface area contributed by atoms with E-state index in [1.807, 2.05) is 50.1 Å². The fourth-order valence-electron chi connectivity index (χ4n) is 2.04. The highest BCUT2D eigenvalue weighted by Crippen LogP contribution is 2.14. The average molecular weight is 453 g/mol. The van der Waals surface area contributed by atoms with Crippen molar-refractivity contribution in [3.63, 3.8) is 0 Å². The third-order valence-corrected chi connectivity index (χ3v) is 3.69. The molecule has 1 amide bonds. The van der Waals surface area contributed by atoms with E-state index in [0.29, 0.717) is 13.1 Å². The molecule has 130 valence electrons. The summed E-state index contributed by atoms with van der Waals surface area (Å²) in [5.74, 6) is 0.739. The number of halogens is 2. The van der Waals surface area contributed by atoms with E-state index in [2.05, 4.69) is 15.6 Å². The van der Waals surface area contributed by atoms with Crippen molar-refractivity contribution in [1.82, 2.24) is 15.5 Å². The Morgan fingerprint density at radius 2 is 1.87 bits per heavy atom. The summed E-state index contributed by atoms with van der Waals surface area (Å²) in [7, 11) is 5.33.